The first-order valence-electron chi connectivity index (χ1n) is 8.11. The Labute approximate surface area is 153 Å². The molecule has 27 heavy (non-hydrogen) atoms. The van der Waals surface area contributed by atoms with Crippen molar-refractivity contribution >= 4 is 22.1 Å². The monoisotopic (exact) mass is 409 g/mol. The van der Waals surface area contributed by atoms with Crippen molar-refractivity contribution in [1.29, 1.82) is 0 Å². The number of aliphatic hydroxyl groups is 1. The average molecular weight is 409 g/mol. The van der Waals surface area contributed by atoms with Crippen LogP contribution < -0.4 is 0 Å². The summed E-state index contributed by atoms with van der Waals surface area (Å²) in [4.78, 5) is 12.5. The minimum atomic E-state index is -5.09. The van der Waals surface area contributed by atoms with Crippen molar-refractivity contribution in [3.8, 4) is 0 Å². The molecule has 2 aliphatic rings. The van der Waals surface area contributed by atoms with Gasteiger partial charge in [-0.3, -0.25) is 9.48 Å². The molecule has 0 spiro atoms. The highest BCUT2D eigenvalue weighted by Crippen LogP contribution is 2.40. The van der Waals surface area contributed by atoms with E-state index >= 15 is 0 Å². The molecule has 0 unspecified atom stereocenters. The third kappa shape index (κ3) is 3.34. The van der Waals surface area contributed by atoms with E-state index in [2.05, 4.69) is 10.2 Å². The molecule has 2 atom stereocenters. The van der Waals surface area contributed by atoms with Gasteiger partial charge in [-0.2, -0.15) is 32.7 Å². The van der Waals surface area contributed by atoms with E-state index in [1.165, 1.54) is 10.9 Å². The van der Waals surface area contributed by atoms with Crippen LogP contribution in [0.25, 0.3) is 0 Å². The number of piperidine rings is 1. The Morgan fingerprint density at radius 2 is 2.11 bits per heavy atom. The predicted molar refractivity (Wildman–Crippen MR) is 85.7 cm³/mol. The van der Waals surface area contributed by atoms with E-state index in [4.69, 9.17) is 0 Å². The Hall–Kier alpha value is -1.99. The number of amides is 1. The molecule has 0 radical (unpaired) electrons. The van der Waals surface area contributed by atoms with E-state index in [-0.39, 0.29) is 35.8 Å². The maximum absolute atomic E-state index is 13.2. The highest BCUT2D eigenvalue weighted by atomic mass is 32.2. The van der Waals surface area contributed by atoms with Crippen LogP contribution in [0.5, 0.6) is 0 Å². The number of carbonyl (C=O) groups excluding carboxylic acids is 1. The lowest BCUT2D eigenvalue weighted by atomic mass is 9.97. The molecular weight excluding hydrogens is 391 g/mol. The molecule has 3 rings (SSSR count). The predicted octanol–water partition coefficient (Wildman–Crippen LogP) is 0.290. The number of hydrogen-bond donors (Lipinski definition) is 1. The molecule has 1 amide bonds. The molecule has 1 aromatic heterocycles. The van der Waals surface area contributed by atoms with Gasteiger partial charge in [-0.1, -0.05) is 0 Å². The zero-order chi connectivity index (χ0) is 20.0. The van der Waals surface area contributed by atoms with Gasteiger partial charge in [-0.05, 0) is 12.8 Å². The highest BCUT2D eigenvalue weighted by Gasteiger charge is 2.62. The first kappa shape index (κ1) is 19.8. The standard InChI is InChI=1S/C14H18F3N5O4S/c1-20-9-11(7-19-20)27(25,26)21-6-2-3-10(8-21)12(23)22-13(24,4-5-18-22)14(15,16)17/h5,7,9-10,24H,2-4,6,8H2,1H3/t10-,13-/m1/s1. The van der Waals surface area contributed by atoms with Gasteiger partial charge in [0.2, 0.25) is 15.9 Å². The molecule has 0 bridgehead atoms. The summed E-state index contributed by atoms with van der Waals surface area (Å²) in [5, 5.41) is 17.1. The Morgan fingerprint density at radius 3 is 2.70 bits per heavy atom. The number of halogens is 3. The fraction of sp³-hybridized carbons (Fsp3) is 0.643. The molecule has 1 saturated heterocycles. The number of hydrazone groups is 1. The van der Waals surface area contributed by atoms with Gasteiger partial charge in [0.15, 0.2) is 0 Å². The normalized spacial score (nSPS) is 27.3. The summed E-state index contributed by atoms with van der Waals surface area (Å²) in [5.74, 6) is -2.11. The second-order valence-corrected chi connectivity index (χ2v) is 8.46. The van der Waals surface area contributed by atoms with Crippen LogP contribution in [0.15, 0.2) is 22.4 Å². The molecular formula is C14H18F3N5O4S. The number of aryl methyl sites for hydroxylation is 1. The van der Waals surface area contributed by atoms with E-state index in [0.29, 0.717) is 0 Å². The summed E-state index contributed by atoms with van der Waals surface area (Å²) in [5.41, 5.74) is -3.41. The zero-order valence-corrected chi connectivity index (χ0v) is 15.1. The molecule has 9 nitrogen and oxygen atoms in total. The van der Waals surface area contributed by atoms with Crippen molar-refractivity contribution in [3.63, 3.8) is 0 Å². The Balaban J connectivity index is 1.80. The molecule has 1 fully saturated rings. The molecule has 1 aromatic rings. The Bertz CT molecular complexity index is 868. The second-order valence-electron chi connectivity index (χ2n) is 6.52. The minimum absolute atomic E-state index is 0.0257. The van der Waals surface area contributed by atoms with Crippen LogP contribution in [0.4, 0.5) is 13.2 Å². The Kier molecular flexibility index (Phi) is 4.80. The van der Waals surface area contributed by atoms with Crippen LogP contribution >= 0.6 is 0 Å². The van der Waals surface area contributed by atoms with E-state index in [1.54, 1.807) is 7.05 Å². The summed E-state index contributed by atoms with van der Waals surface area (Å²) in [6.07, 6.45) is -2.20. The van der Waals surface area contributed by atoms with Gasteiger partial charge in [0.25, 0.3) is 5.72 Å². The quantitative estimate of drug-likeness (QED) is 0.772. The molecule has 2 aliphatic heterocycles. The smallest absolute Gasteiger partial charge is 0.362 e. The van der Waals surface area contributed by atoms with Crippen LogP contribution in [0.2, 0.25) is 0 Å². The molecule has 150 valence electrons. The van der Waals surface area contributed by atoms with Crippen LogP contribution in [-0.4, -0.2) is 69.7 Å². The summed E-state index contributed by atoms with van der Waals surface area (Å²) in [7, 11) is -2.39. The lowest BCUT2D eigenvalue weighted by molar-refractivity contribution is -0.303. The SMILES string of the molecule is Cn1cc(S(=O)(=O)N2CCC[C@@H](C(=O)N3N=CC[C@@]3(O)C(F)(F)F)C2)cn1. The summed E-state index contributed by atoms with van der Waals surface area (Å²) < 4.78 is 67.2. The molecule has 0 aliphatic carbocycles. The van der Waals surface area contributed by atoms with Gasteiger partial charge in [0, 0.05) is 39.0 Å². The largest absolute Gasteiger partial charge is 0.438 e. The first-order valence-corrected chi connectivity index (χ1v) is 9.55. The van der Waals surface area contributed by atoms with E-state index in [9.17, 15) is 31.5 Å². The van der Waals surface area contributed by atoms with Crippen LogP contribution in [0.1, 0.15) is 19.3 Å². The van der Waals surface area contributed by atoms with Gasteiger partial charge in [0.1, 0.15) is 4.90 Å². The number of nitrogens with zero attached hydrogens (tertiary/aromatic N) is 5. The first-order chi connectivity index (χ1) is 12.5. The summed E-state index contributed by atoms with van der Waals surface area (Å²) in [6, 6.07) is 0. The van der Waals surface area contributed by atoms with E-state index in [1.807, 2.05) is 0 Å². The lowest BCUT2D eigenvalue weighted by Crippen LogP contribution is -2.58. The topological polar surface area (TPSA) is 108 Å². The minimum Gasteiger partial charge on any atom is -0.362 e. The molecule has 13 heteroatoms. The highest BCUT2D eigenvalue weighted by molar-refractivity contribution is 7.89. The van der Waals surface area contributed by atoms with Crippen LogP contribution in [0.3, 0.4) is 0 Å². The molecule has 1 N–H and O–H groups in total. The summed E-state index contributed by atoms with van der Waals surface area (Å²) in [6.45, 7) is -0.163. The third-order valence-corrected chi connectivity index (χ3v) is 6.46. The second kappa shape index (κ2) is 6.56. The van der Waals surface area contributed by atoms with Gasteiger partial charge in [-0.25, -0.2) is 8.42 Å². The number of sulfonamides is 1. The number of carbonyl (C=O) groups is 1. The number of aromatic nitrogens is 2. The van der Waals surface area contributed by atoms with Gasteiger partial charge in [-0.15, -0.1) is 0 Å². The van der Waals surface area contributed by atoms with Crippen molar-refractivity contribution in [2.75, 3.05) is 13.1 Å². The van der Waals surface area contributed by atoms with Gasteiger partial charge in [0.05, 0.1) is 12.1 Å². The number of alkyl halides is 3. The zero-order valence-electron chi connectivity index (χ0n) is 14.3. The van der Waals surface area contributed by atoms with Crippen LogP contribution in [-0.2, 0) is 21.9 Å². The fourth-order valence-electron chi connectivity index (χ4n) is 3.12. The number of hydrogen-bond acceptors (Lipinski definition) is 6. The van der Waals surface area contributed by atoms with Crippen molar-refractivity contribution in [2.45, 2.75) is 36.1 Å². The van der Waals surface area contributed by atoms with Crippen molar-refractivity contribution < 1.29 is 31.5 Å². The van der Waals surface area contributed by atoms with Gasteiger partial charge < -0.3 is 5.11 Å². The Morgan fingerprint density at radius 1 is 1.41 bits per heavy atom. The molecule has 3 heterocycles. The van der Waals surface area contributed by atoms with Crippen molar-refractivity contribution in [3.05, 3.63) is 12.4 Å². The number of rotatable bonds is 3. The fourth-order valence-corrected chi connectivity index (χ4v) is 4.63. The third-order valence-electron chi connectivity index (χ3n) is 4.64. The lowest BCUT2D eigenvalue weighted by Gasteiger charge is -2.37. The molecule has 0 saturated carbocycles. The van der Waals surface area contributed by atoms with E-state index in [0.717, 1.165) is 16.7 Å². The van der Waals surface area contributed by atoms with Gasteiger partial charge >= 0.3 is 6.18 Å². The maximum atomic E-state index is 13.2. The molecule has 0 aromatic carbocycles. The average Bonchev–Trinajstić information content (AvgIpc) is 3.21. The van der Waals surface area contributed by atoms with Crippen molar-refractivity contribution in [1.82, 2.24) is 19.1 Å². The van der Waals surface area contributed by atoms with Crippen LogP contribution in [0, 0.1) is 5.92 Å². The van der Waals surface area contributed by atoms with Crippen molar-refractivity contribution in [2.24, 2.45) is 18.1 Å². The maximum Gasteiger partial charge on any atom is 0.438 e. The summed E-state index contributed by atoms with van der Waals surface area (Å²) >= 11 is 0. The van der Waals surface area contributed by atoms with E-state index < -0.39 is 40.2 Å².